The maximum Gasteiger partial charge on any atom is 0.245 e. The van der Waals surface area contributed by atoms with Crippen LogP contribution in [0.15, 0.2) is 55.4 Å². The summed E-state index contributed by atoms with van der Waals surface area (Å²) in [4.78, 5) is 29.7. The van der Waals surface area contributed by atoms with Gasteiger partial charge in [0.05, 0.1) is 22.7 Å². The van der Waals surface area contributed by atoms with Gasteiger partial charge in [-0.15, -0.1) is 0 Å². The molecule has 3 heterocycles. The predicted octanol–water partition coefficient (Wildman–Crippen LogP) is 3.45. The van der Waals surface area contributed by atoms with Crippen LogP contribution < -0.4 is 0 Å². The number of rotatable bonds is 4. The molecule has 2 aliphatic rings. The van der Waals surface area contributed by atoms with Crippen molar-refractivity contribution in [3.05, 3.63) is 66.0 Å². The van der Waals surface area contributed by atoms with Gasteiger partial charge >= 0.3 is 0 Å². The number of aromatic nitrogens is 2. The molecule has 0 bridgehead atoms. The summed E-state index contributed by atoms with van der Waals surface area (Å²) in [6.45, 7) is 6.12. The van der Waals surface area contributed by atoms with E-state index in [4.69, 9.17) is 11.6 Å². The summed E-state index contributed by atoms with van der Waals surface area (Å²) in [6.07, 6.45) is 7.83. The summed E-state index contributed by atoms with van der Waals surface area (Å²) in [5, 5.41) is 4.97. The van der Waals surface area contributed by atoms with Gasteiger partial charge in [-0.3, -0.25) is 14.3 Å². The van der Waals surface area contributed by atoms with Gasteiger partial charge in [0.25, 0.3) is 0 Å². The molecule has 4 rings (SSSR count). The minimum atomic E-state index is -0.582. The fourth-order valence-electron chi connectivity index (χ4n) is 4.77. The first-order valence-electron chi connectivity index (χ1n) is 10.5. The van der Waals surface area contributed by atoms with Crippen LogP contribution in [-0.2, 0) is 15.0 Å². The van der Waals surface area contributed by atoms with Gasteiger partial charge in [0, 0.05) is 32.4 Å². The van der Waals surface area contributed by atoms with Gasteiger partial charge in [0.15, 0.2) is 0 Å². The Balaban J connectivity index is 1.51. The third kappa shape index (κ3) is 3.88. The summed E-state index contributed by atoms with van der Waals surface area (Å²) < 4.78 is 1.91. The molecule has 0 atom stereocenters. The first-order chi connectivity index (χ1) is 14.5. The summed E-state index contributed by atoms with van der Waals surface area (Å²) in [6, 6.07) is 10.3. The van der Waals surface area contributed by atoms with E-state index in [1.807, 2.05) is 46.1 Å². The van der Waals surface area contributed by atoms with E-state index < -0.39 is 5.41 Å². The van der Waals surface area contributed by atoms with Gasteiger partial charge in [-0.05, 0) is 37.3 Å². The number of carbonyl (C=O) groups is 2. The molecule has 2 saturated heterocycles. The molecule has 1 aromatic carbocycles. The molecule has 30 heavy (non-hydrogen) atoms. The Hall–Kier alpha value is -2.60. The normalized spacial score (nSPS) is 19.5. The molecule has 0 N–H and O–H groups in total. The number of halogens is 1. The highest BCUT2D eigenvalue weighted by Gasteiger charge is 2.46. The molecule has 1 aromatic heterocycles. The third-order valence-electron chi connectivity index (χ3n) is 6.53. The monoisotopic (exact) mass is 426 g/mol. The Kier molecular flexibility index (Phi) is 5.95. The predicted molar refractivity (Wildman–Crippen MR) is 116 cm³/mol. The van der Waals surface area contributed by atoms with Crippen LogP contribution in [0.1, 0.15) is 37.3 Å². The zero-order valence-corrected chi connectivity index (χ0v) is 17.8. The van der Waals surface area contributed by atoms with Gasteiger partial charge in [-0.2, -0.15) is 5.10 Å². The topological polar surface area (TPSA) is 58.4 Å². The van der Waals surface area contributed by atoms with E-state index in [9.17, 15) is 9.59 Å². The molecule has 0 aliphatic carbocycles. The Morgan fingerprint density at radius 1 is 1.07 bits per heavy atom. The largest absolute Gasteiger partial charge is 0.342 e. The average Bonchev–Trinajstić information content (AvgIpc) is 3.25. The second-order valence-electron chi connectivity index (χ2n) is 8.14. The molecule has 0 saturated carbocycles. The van der Waals surface area contributed by atoms with Gasteiger partial charge < -0.3 is 9.80 Å². The smallest absolute Gasteiger partial charge is 0.245 e. The molecular weight excluding hydrogens is 400 g/mol. The van der Waals surface area contributed by atoms with Crippen molar-refractivity contribution in [3.8, 4) is 0 Å². The van der Waals surface area contributed by atoms with Crippen molar-refractivity contribution in [1.29, 1.82) is 0 Å². The molecule has 6 nitrogen and oxygen atoms in total. The number of hydrogen-bond donors (Lipinski definition) is 0. The third-order valence-corrected chi connectivity index (χ3v) is 6.73. The number of likely N-dealkylation sites (tertiary alicyclic amines) is 2. The van der Waals surface area contributed by atoms with Crippen molar-refractivity contribution in [2.45, 2.75) is 37.1 Å². The summed E-state index contributed by atoms with van der Waals surface area (Å²) >= 11 is 6.01. The Morgan fingerprint density at radius 2 is 1.73 bits per heavy atom. The molecule has 2 fully saturated rings. The first-order valence-corrected chi connectivity index (χ1v) is 10.9. The summed E-state index contributed by atoms with van der Waals surface area (Å²) in [5.41, 5.74) is 0.461. The molecule has 2 amide bonds. The van der Waals surface area contributed by atoms with E-state index in [0.29, 0.717) is 44.0 Å². The van der Waals surface area contributed by atoms with Crippen molar-refractivity contribution in [2.24, 2.45) is 0 Å². The van der Waals surface area contributed by atoms with E-state index in [1.54, 1.807) is 11.1 Å². The van der Waals surface area contributed by atoms with Crippen LogP contribution in [0.3, 0.4) is 0 Å². The second kappa shape index (κ2) is 8.64. The molecule has 2 aliphatic heterocycles. The lowest BCUT2D eigenvalue weighted by Crippen LogP contribution is -2.55. The molecular formula is C23H27ClN4O2. The van der Waals surface area contributed by atoms with Gasteiger partial charge in [0.1, 0.15) is 0 Å². The summed E-state index contributed by atoms with van der Waals surface area (Å²) in [7, 11) is 0. The maximum absolute atomic E-state index is 13.8. The molecule has 158 valence electrons. The van der Waals surface area contributed by atoms with Crippen LogP contribution in [0.5, 0.6) is 0 Å². The van der Waals surface area contributed by atoms with E-state index in [2.05, 4.69) is 11.7 Å². The summed E-state index contributed by atoms with van der Waals surface area (Å²) in [5.74, 6) is 0.110. The second-order valence-corrected chi connectivity index (χ2v) is 8.58. The average molecular weight is 427 g/mol. The van der Waals surface area contributed by atoms with Crippen LogP contribution in [0.2, 0.25) is 5.02 Å². The van der Waals surface area contributed by atoms with Crippen LogP contribution in [0, 0.1) is 0 Å². The molecule has 0 spiro atoms. The molecule has 7 heteroatoms. The number of amides is 2. The van der Waals surface area contributed by atoms with Crippen molar-refractivity contribution < 1.29 is 9.59 Å². The lowest BCUT2D eigenvalue weighted by atomic mass is 9.71. The highest BCUT2D eigenvalue weighted by molar-refractivity contribution is 6.30. The van der Waals surface area contributed by atoms with Crippen molar-refractivity contribution >= 4 is 23.4 Å². The number of nitrogens with zero attached hydrogens (tertiary/aromatic N) is 4. The van der Waals surface area contributed by atoms with Crippen molar-refractivity contribution in [2.75, 3.05) is 26.2 Å². The van der Waals surface area contributed by atoms with Crippen LogP contribution in [-0.4, -0.2) is 57.6 Å². The quantitative estimate of drug-likeness (QED) is 0.703. The zero-order valence-electron chi connectivity index (χ0n) is 17.0. The Bertz CT molecular complexity index is 910. The Morgan fingerprint density at radius 3 is 2.30 bits per heavy atom. The molecule has 0 unspecified atom stereocenters. The first kappa shape index (κ1) is 20.7. The zero-order chi connectivity index (χ0) is 21.1. The number of carbonyl (C=O) groups excluding carboxylic acids is 2. The van der Waals surface area contributed by atoms with E-state index >= 15 is 0 Å². The highest BCUT2D eigenvalue weighted by Crippen LogP contribution is 2.39. The van der Waals surface area contributed by atoms with E-state index in [1.165, 1.54) is 6.08 Å². The van der Waals surface area contributed by atoms with Crippen LogP contribution in [0.25, 0.3) is 0 Å². The standard InChI is InChI=1S/C23H27ClN4O2/c1-2-21(29)26-14-10-23(11-15-26,18-6-4-3-5-7-18)22(30)27-12-8-20(9-13-27)28-17-19(24)16-25-28/h2-7,16-17,20H,1,8-15H2. The van der Waals surface area contributed by atoms with Gasteiger partial charge in [-0.1, -0.05) is 48.5 Å². The van der Waals surface area contributed by atoms with Gasteiger partial charge in [-0.25, -0.2) is 0 Å². The lowest BCUT2D eigenvalue weighted by Gasteiger charge is -2.44. The van der Waals surface area contributed by atoms with E-state index in [0.717, 1.165) is 18.4 Å². The molecule has 0 radical (unpaired) electrons. The van der Waals surface area contributed by atoms with Crippen LogP contribution >= 0.6 is 11.6 Å². The highest BCUT2D eigenvalue weighted by atomic mass is 35.5. The lowest BCUT2D eigenvalue weighted by molar-refractivity contribution is -0.143. The SMILES string of the molecule is C=CC(=O)N1CCC(C(=O)N2CCC(n3cc(Cl)cn3)CC2)(c2ccccc2)CC1. The molecule has 2 aromatic rings. The van der Waals surface area contributed by atoms with E-state index in [-0.39, 0.29) is 17.9 Å². The number of benzene rings is 1. The van der Waals surface area contributed by atoms with Crippen molar-refractivity contribution in [3.63, 3.8) is 0 Å². The Labute approximate surface area is 182 Å². The van der Waals surface area contributed by atoms with Crippen LogP contribution in [0.4, 0.5) is 0 Å². The fraction of sp³-hybridized carbons (Fsp3) is 0.435. The minimum absolute atomic E-state index is 0.0668. The number of piperidine rings is 2. The van der Waals surface area contributed by atoms with Gasteiger partial charge in [0.2, 0.25) is 11.8 Å². The maximum atomic E-state index is 13.8. The number of hydrogen-bond acceptors (Lipinski definition) is 3. The minimum Gasteiger partial charge on any atom is -0.342 e. The van der Waals surface area contributed by atoms with Crippen molar-refractivity contribution in [1.82, 2.24) is 19.6 Å². The fourth-order valence-corrected chi connectivity index (χ4v) is 4.92.